The third-order valence-corrected chi connectivity index (χ3v) is 2.46. The number of carbonyl (C=O) groups is 1. The van der Waals surface area contributed by atoms with Crippen LogP contribution < -0.4 is 5.73 Å². The van der Waals surface area contributed by atoms with Gasteiger partial charge in [-0.1, -0.05) is 6.07 Å². The standard InChI is InChI=1S/C12H14N2O2/c1-8-3-10(6-13)11(7-14)4-9(8)5-12(15)16-2/h3-4H,5-6,13H2,1-2H3. The number of benzene rings is 1. The summed E-state index contributed by atoms with van der Waals surface area (Å²) in [5.74, 6) is -0.313. The molecule has 0 heterocycles. The zero-order valence-electron chi connectivity index (χ0n) is 9.41. The highest BCUT2D eigenvalue weighted by molar-refractivity contribution is 5.73. The van der Waals surface area contributed by atoms with Crippen LogP contribution in [0.5, 0.6) is 0 Å². The number of nitrogens with two attached hydrogens (primary N) is 1. The predicted octanol–water partition coefficient (Wildman–Crippen LogP) is 1.04. The summed E-state index contributed by atoms with van der Waals surface area (Å²) in [6, 6.07) is 5.62. The van der Waals surface area contributed by atoms with Crippen LogP contribution in [0.1, 0.15) is 22.3 Å². The van der Waals surface area contributed by atoms with E-state index >= 15 is 0 Å². The van der Waals surface area contributed by atoms with E-state index in [2.05, 4.69) is 10.8 Å². The van der Waals surface area contributed by atoms with Crippen LogP contribution in [0.3, 0.4) is 0 Å². The van der Waals surface area contributed by atoms with Crippen molar-refractivity contribution in [2.24, 2.45) is 5.73 Å². The Morgan fingerprint density at radius 2 is 2.19 bits per heavy atom. The molecule has 0 aliphatic carbocycles. The number of aryl methyl sites for hydroxylation is 1. The first-order valence-electron chi connectivity index (χ1n) is 4.91. The Labute approximate surface area is 94.6 Å². The molecule has 0 saturated heterocycles. The Balaban J connectivity index is 3.12. The first-order valence-corrected chi connectivity index (χ1v) is 4.91. The molecule has 4 heteroatoms. The molecule has 1 aromatic rings. The summed E-state index contributed by atoms with van der Waals surface area (Å²) in [5, 5.41) is 8.93. The number of carbonyl (C=O) groups excluding carboxylic acids is 1. The summed E-state index contributed by atoms with van der Waals surface area (Å²) in [6.45, 7) is 2.21. The molecule has 0 aliphatic heterocycles. The monoisotopic (exact) mass is 218 g/mol. The summed E-state index contributed by atoms with van der Waals surface area (Å²) in [4.78, 5) is 11.2. The molecule has 16 heavy (non-hydrogen) atoms. The van der Waals surface area contributed by atoms with Crippen LogP contribution in [-0.2, 0) is 22.5 Å². The zero-order valence-corrected chi connectivity index (χ0v) is 9.41. The van der Waals surface area contributed by atoms with Crippen LogP contribution in [0.4, 0.5) is 0 Å². The van der Waals surface area contributed by atoms with Gasteiger partial charge < -0.3 is 10.5 Å². The van der Waals surface area contributed by atoms with Gasteiger partial charge in [0, 0.05) is 6.54 Å². The van der Waals surface area contributed by atoms with Gasteiger partial charge in [-0.15, -0.1) is 0 Å². The molecule has 0 bridgehead atoms. The first kappa shape index (κ1) is 12.2. The summed E-state index contributed by atoms with van der Waals surface area (Å²) in [7, 11) is 1.34. The van der Waals surface area contributed by atoms with Crippen molar-refractivity contribution in [2.45, 2.75) is 19.9 Å². The van der Waals surface area contributed by atoms with Crippen LogP contribution in [-0.4, -0.2) is 13.1 Å². The lowest BCUT2D eigenvalue weighted by molar-refractivity contribution is -0.139. The fraction of sp³-hybridized carbons (Fsp3) is 0.333. The van der Waals surface area contributed by atoms with Crippen molar-refractivity contribution in [2.75, 3.05) is 7.11 Å². The molecule has 1 rings (SSSR count). The van der Waals surface area contributed by atoms with Crippen LogP contribution in [0.25, 0.3) is 0 Å². The summed E-state index contributed by atoms with van der Waals surface area (Å²) in [6.07, 6.45) is 0.182. The molecule has 0 aromatic heterocycles. The van der Waals surface area contributed by atoms with Gasteiger partial charge in [-0.3, -0.25) is 4.79 Å². The highest BCUT2D eigenvalue weighted by Crippen LogP contribution is 2.16. The molecule has 84 valence electrons. The maximum Gasteiger partial charge on any atom is 0.309 e. The van der Waals surface area contributed by atoms with Crippen LogP contribution in [0, 0.1) is 18.3 Å². The van der Waals surface area contributed by atoms with Crippen LogP contribution >= 0.6 is 0 Å². The second kappa shape index (κ2) is 5.29. The van der Waals surface area contributed by atoms with Gasteiger partial charge in [-0.2, -0.15) is 5.26 Å². The van der Waals surface area contributed by atoms with Crippen molar-refractivity contribution >= 4 is 5.97 Å². The lowest BCUT2D eigenvalue weighted by Crippen LogP contribution is -2.08. The molecule has 0 amide bonds. The van der Waals surface area contributed by atoms with Gasteiger partial charge in [0.15, 0.2) is 0 Å². The Morgan fingerprint density at radius 3 is 2.69 bits per heavy atom. The molecule has 1 aromatic carbocycles. The van der Waals surface area contributed by atoms with E-state index in [0.29, 0.717) is 12.1 Å². The predicted molar refractivity (Wildman–Crippen MR) is 59.5 cm³/mol. The minimum atomic E-state index is -0.313. The van der Waals surface area contributed by atoms with Crippen molar-refractivity contribution in [3.8, 4) is 6.07 Å². The summed E-state index contributed by atoms with van der Waals surface area (Å²) >= 11 is 0. The molecule has 0 fully saturated rings. The van der Waals surface area contributed by atoms with Gasteiger partial charge in [0.25, 0.3) is 0 Å². The molecule has 0 saturated carbocycles. The molecule has 0 radical (unpaired) electrons. The minimum Gasteiger partial charge on any atom is -0.469 e. The van der Waals surface area contributed by atoms with Crippen molar-refractivity contribution in [1.82, 2.24) is 0 Å². The van der Waals surface area contributed by atoms with E-state index in [1.165, 1.54) is 7.11 Å². The topological polar surface area (TPSA) is 76.1 Å². The van der Waals surface area contributed by atoms with Gasteiger partial charge >= 0.3 is 5.97 Å². The SMILES string of the molecule is COC(=O)Cc1cc(C#N)c(CN)cc1C. The second-order valence-electron chi connectivity index (χ2n) is 3.50. The summed E-state index contributed by atoms with van der Waals surface area (Å²) in [5.41, 5.74) is 8.60. The normalized spacial score (nSPS) is 9.62. The number of hydrogen-bond donors (Lipinski definition) is 1. The van der Waals surface area contributed by atoms with E-state index < -0.39 is 0 Å². The van der Waals surface area contributed by atoms with E-state index in [1.54, 1.807) is 6.07 Å². The third kappa shape index (κ3) is 2.59. The highest BCUT2D eigenvalue weighted by atomic mass is 16.5. The molecular formula is C12H14N2O2. The number of nitriles is 1. The number of hydrogen-bond acceptors (Lipinski definition) is 4. The van der Waals surface area contributed by atoms with Crippen LogP contribution in [0.2, 0.25) is 0 Å². The molecule has 0 spiro atoms. The number of ether oxygens (including phenoxy) is 1. The minimum absolute atomic E-state index is 0.182. The molecular weight excluding hydrogens is 204 g/mol. The number of nitrogens with zero attached hydrogens (tertiary/aromatic N) is 1. The molecule has 0 aliphatic rings. The van der Waals surface area contributed by atoms with Gasteiger partial charge in [0.05, 0.1) is 25.2 Å². The molecule has 4 nitrogen and oxygen atoms in total. The van der Waals surface area contributed by atoms with Gasteiger partial charge in [-0.25, -0.2) is 0 Å². The smallest absolute Gasteiger partial charge is 0.309 e. The zero-order chi connectivity index (χ0) is 12.1. The van der Waals surface area contributed by atoms with E-state index in [9.17, 15) is 4.79 Å². The van der Waals surface area contributed by atoms with E-state index in [-0.39, 0.29) is 12.4 Å². The quantitative estimate of drug-likeness (QED) is 0.769. The Kier molecular flexibility index (Phi) is 4.03. The van der Waals surface area contributed by atoms with Crippen molar-refractivity contribution in [3.05, 3.63) is 34.4 Å². The lowest BCUT2D eigenvalue weighted by Gasteiger charge is -2.08. The Hall–Kier alpha value is -1.86. The van der Waals surface area contributed by atoms with Gasteiger partial charge in [-0.05, 0) is 29.7 Å². The second-order valence-corrected chi connectivity index (χ2v) is 3.50. The third-order valence-electron chi connectivity index (χ3n) is 2.46. The highest BCUT2D eigenvalue weighted by Gasteiger charge is 2.10. The Morgan fingerprint density at radius 1 is 1.50 bits per heavy atom. The molecule has 2 N–H and O–H groups in total. The molecule has 0 atom stereocenters. The average molecular weight is 218 g/mol. The summed E-state index contributed by atoms with van der Waals surface area (Å²) < 4.78 is 4.59. The largest absolute Gasteiger partial charge is 0.469 e. The maximum atomic E-state index is 11.2. The number of methoxy groups -OCH3 is 1. The number of esters is 1. The van der Waals surface area contributed by atoms with E-state index in [0.717, 1.165) is 16.7 Å². The van der Waals surface area contributed by atoms with E-state index in [1.807, 2.05) is 13.0 Å². The average Bonchev–Trinajstić information content (AvgIpc) is 2.30. The van der Waals surface area contributed by atoms with Gasteiger partial charge in [0.2, 0.25) is 0 Å². The van der Waals surface area contributed by atoms with Crippen LogP contribution in [0.15, 0.2) is 12.1 Å². The number of rotatable bonds is 3. The van der Waals surface area contributed by atoms with Crippen molar-refractivity contribution < 1.29 is 9.53 Å². The van der Waals surface area contributed by atoms with Crippen molar-refractivity contribution in [3.63, 3.8) is 0 Å². The molecule has 0 unspecified atom stereocenters. The fourth-order valence-corrected chi connectivity index (χ4v) is 1.50. The first-order chi connectivity index (χ1) is 7.62. The Bertz CT molecular complexity index is 447. The fourth-order valence-electron chi connectivity index (χ4n) is 1.50. The lowest BCUT2D eigenvalue weighted by atomic mass is 9.98. The van der Waals surface area contributed by atoms with E-state index in [4.69, 9.17) is 11.0 Å². The van der Waals surface area contributed by atoms with Crippen molar-refractivity contribution in [1.29, 1.82) is 5.26 Å². The maximum absolute atomic E-state index is 11.2. The van der Waals surface area contributed by atoms with Gasteiger partial charge in [0.1, 0.15) is 0 Å².